The molecule has 0 aromatic heterocycles. The van der Waals surface area contributed by atoms with Gasteiger partial charge in [-0.1, -0.05) is 0 Å². The first-order valence-electron chi connectivity index (χ1n) is 5.35. The largest absolute Gasteiger partial charge is 0.507 e. The van der Waals surface area contributed by atoms with Crippen molar-refractivity contribution in [3.05, 3.63) is 55.1 Å². The van der Waals surface area contributed by atoms with Gasteiger partial charge in [-0.15, -0.1) is 0 Å². The Balaban J connectivity index is 2.18. The second kappa shape index (κ2) is 3.94. The molecule has 0 heterocycles. The molecule has 0 atom stereocenters. The number of phenols is 1. The van der Waals surface area contributed by atoms with Gasteiger partial charge in [0.2, 0.25) is 0 Å². The molecule has 1 aliphatic carbocycles. The lowest BCUT2D eigenvalue weighted by Crippen LogP contribution is -1.89. The van der Waals surface area contributed by atoms with Gasteiger partial charge in [0.15, 0.2) is 0 Å². The first-order chi connectivity index (χ1) is 8.56. The van der Waals surface area contributed by atoms with Gasteiger partial charge in [0.25, 0.3) is 5.69 Å². The molecule has 4 nitrogen and oxygen atoms in total. The van der Waals surface area contributed by atoms with E-state index in [1.807, 2.05) is 6.07 Å². The van der Waals surface area contributed by atoms with Gasteiger partial charge in [0.1, 0.15) is 5.75 Å². The fraction of sp³-hybridized carbons (Fsp3) is 0.0769. The van der Waals surface area contributed by atoms with E-state index < -0.39 is 0 Å². The number of rotatable bonds is 1. The lowest BCUT2D eigenvalue weighted by Gasteiger charge is -2.03. The number of phenolic OH excluding ortho intramolecular Hbond substituents is 1. The van der Waals surface area contributed by atoms with Crippen LogP contribution >= 0.6 is 22.6 Å². The van der Waals surface area contributed by atoms with Crippen molar-refractivity contribution in [1.29, 1.82) is 0 Å². The van der Waals surface area contributed by atoms with Crippen LogP contribution in [0.2, 0.25) is 0 Å². The number of halogens is 1. The molecular formula is C13H8INO3. The van der Waals surface area contributed by atoms with Gasteiger partial charge in [-0.25, -0.2) is 0 Å². The monoisotopic (exact) mass is 353 g/mol. The standard InChI is InChI=1S/C13H8INO3/c14-12-6-11-8(5-13(12)16)3-7-4-9(15(17)18)1-2-10(7)11/h1-2,4-6,16H,3H2. The van der Waals surface area contributed by atoms with Crippen LogP contribution in [-0.4, -0.2) is 10.0 Å². The van der Waals surface area contributed by atoms with Crippen LogP contribution in [-0.2, 0) is 6.42 Å². The SMILES string of the molecule is O=[N+]([O-])c1ccc2c(c1)Cc1cc(O)c(I)cc1-2. The van der Waals surface area contributed by atoms with E-state index in [1.165, 1.54) is 6.07 Å². The summed E-state index contributed by atoms with van der Waals surface area (Å²) in [6, 6.07) is 8.57. The Morgan fingerprint density at radius 3 is 2.61 bits per heavy atom. The van der Waals surface area contributed by atoms with Crippen LogP contribution in [0.1, 0.15) is 11.1 Å². The average molecular weight is 353 g/mol. The van der Waals surface area contributed by atoms with Crippen molar-refractivity contribution in [1.82, 2.24) is 0 Å². The summed E-state index contributed by atoms with van der Waals surface area (Å²) in [5.41, 5.74) is 4.15. The molecule has 0 saturated heterocycles. The second-order valence-electron chi connectivity index (χ2n) is 4.24. The summed E-state index contributed by atoms with van der Waals surface area (Å²) in [5, 5.41) is 20.4. The van der Waals surface area contributed by atoms with Crippen molar-refractivity contribution < 1.29 is 10.0 Å². The van der Waals surface area contributed by atoms with Gasteiger partial charge >= 0.3 is 0 Å². The Hall–Kier alpha value is -1.63. The summed E-state index contributed by atoms with van der Waals surface area (Å²) in [7, 11) is 0. The molecule has 0 radical (unpaired) electrons. The van der Waals surface area contributed by atoms with E-state index in [0.29, 0.717) is 6.42 Å². The zero-order valence-corrected chi connectivity index (χ0v) is 11.3. The maximum atomic E-state index is 10.7. The quantitative estimate of drug-likeness (QED) is 0.414. The van der Waals surface area contributed by atoms with Crippen LogP contribution in [0, 0.1) is 13.7 Å². The number of nitro benzene ring substituents is 1. The first kappa shape index (κ1) is 11.5. The highest BCUT2D eigenvalue weighted by Gasteiger charge is 2.22. The van der Waals surface area contributed by atoms with E-state index in [2.05, 4.69) is 22.6 Å². The number of benzene rings is 2. The Morgan fingerprint density at radius 2 is 1.89 bits per heavy atom. The number of hydrogen-bond donors (Lipinski definition) is 1. The molecule has 0 unspecified atom stereocenters. The number of non-ortho nitro benzene ring substituents is 1. The number of nitrogens with zero attached hydrogens (tertiary/aromatic N) is 1. The topological polar surface area (TPSA) is 63.4 Å². The molecule has 2 aromatic carbocycles. The molecule has 0 bridgehead atoms. The zero-order valence-electron chi connectivity index (χ0n) is 9.18. The van der Waals surface area contributed by atoms with E-state index in [0.717, 1.165) is 25.8 Å². The van der Waals surface area contributed by atoms with Gasteiger partial charge in [-0.2, -0.15) is 0 Å². The Labute approximate surface area is 117 Å². The normalized spacial score (nSPS) is 12.1. The maximum absolute atomic E-state index is 10.7. The summed E-state index contributed by atoms with van der Waals surface area (Å²) in [4.78, 5) is 10.4. The van der Waals surface area contributed by atoms with Crippen LogP contribution in [0.3, 0.4) is 0 Å². The number of hydrogen-bond acceptors (Lipinski definition) is 3. The van der Waals surface area contributed by atoms with Gasteiger partial charge < -0.3 is 5.11 Å². The minimum Gasteiger partial charge on any atom is -0.507 e. The third kappa shape index (κ3) is 1.66. The predicted octanol–water partition coefficient (Wildman–Crippen LogP) is 3.48. The van der Waals surface area contributed by atoms with E-state index >= 15 is 0 Å². The summed E-state index contributed by atoms with van der Waals surface area (Å²) < 4.78 is 0.789. The average Bonchev–Trinajstić information content (AvgIpc) is 2.66. The molecule has 90 valence electrons. The van der Waals surface area contributed by atoms with Gasteiger partial charge in [0, 0.05) is 12.1 Å². The van der Waals surface area contributed by atoms with Crippen LogP contribution in [0.5, 0.6) is 5.75 Å². The van der Waals surface area contributed by atoms with Crippen LogP contribution < -0.4 is 0 Å². The summed E-state index contributed by atoms with van der Waals surface area (Å²) in [5.74, 6) is 0.261. The minimum atomic E-state index is -0.384. The van der Waals surface area contributed by atoms with E-state index in [-0.39, 0.29) is 16.4 Å². The predicted molar refractivity (Wildman–Crippen MR) is 75.7 cm³/mol. The van der Waals surface area contributed by atoms with Crippen LogP contribution in [0.25, 0.3) is 11.1 Å². The minimum absolute atomic E-state index is 0.112. The molecular weight excluding hydrogens is 345 g/mol. The highest BCUT2D eigenvalue weighted by molar-refractivity contribution is 14.1. The Bertz CT molecular complexity index is 682. The highest BCUT2D eigenvalue weighted by atomic mass is 127. The molecule has 18 heavy (non-hydrogen) atoms. The molecule has 1 N–H and O–H groups in total. The lowest BCUT2D eigenvalue weighted by atomic mass is 10.1. The van der Waals surface area contributed by atoms with Crippen molar-refractivity contribution in [3.8, 4) is 16.9 Å². The van der Waals surface area contributed by atoms with Gasteiger partial charge in [-0.3, -0.25) is 10.1 Å². The van der Waals surface area contributed by atoms with Crippen LogP contribution in [0.4, 0.5) is 5.69 Å². The van der Waals surface area contributed by atoms with Gasteiger partial charge in [-0.05, 0) is 69.5 Å². The molecule has 0 aliphatic heterocycles. The Kier molecular flexibility index (Phi) is 2.51. The van der Waals surface area contributed by atoms with E-state index in [4.69, 9.17) is 0 Å². The second-order valence-corrected chi connectivity index (χ2v) is 5.40. The van der Waals surface area contributed by atoms with Gasteiger partial charge in [0.05, 0.1) is 8.49 Å². The molecule has 0 spiro atoms. The summed E-state index contributed by atoms with van der Waals surface area (Å²) in [6.45, 7) is 0. The Morgan fingerprint density at radius 1 is 1.17 bits per heavy atom. The molecule has 0 saturated carbocycles. The first-order valence-corrected chi connectivity index (χ1v) is 6.43. The molecule has 2 aromatic rings. The molecule has 0 amide bonds. The van der Waals surface area contributed by atoms with Crippen molar-refractivity contribution in [2.75, 3.05) is 0 Å². The third-order valence-electron chi connectivity index (χ3n) is 3.14. The van der Waals surface area contributed by atoms with E-state index in [1.54, 1.807) is 18.2 Å². The van der Waals surface area contributed by atoms with Crippen molar-refractivity contribution in [3.63, 3.8) is 0 Å². The highest BCUT2D eigenvalue weighted by Crippen LogP contribution is 2.41. The fourth-order valence-corrected chi connectivity index (χ4v) is 2.78. The maximum Gasteiger partial charge on any atom is 0.269 e. The third-order valence-corrected chi connectivity index (χ3v) is 4.01. The summed E-state index contributed by atoms with van der Waals surface area (Å²) >= 11 is 2.08. The van der Waals surface area contributed by atoms with Crippen LogP contribution in [0.15, 0.2) is 30.3 Å². The van der Waals surface area contributed by atoms with Crippen molar-refractivity contribution in [2.24, 2.45) is 0 Å². The lowest BCUT2D eigenvalue weighted by molar-refractivity contribution is -0.384. The molecule has 0 fully saturated rings. The number of fused-ring (bicyclic) bond motifs is 3. The van der Waals surface area contributed by atoms with Crippen molar-refractivity contribution >= 4 is 28.3 Å². The van der Waals surface area contributed by atoms with Crippen molar-refractivity contribution in [2.45, 2.75) is 6.42 Å². The van der Waals surface area contributed by atoms with E-state index in [9.17, 15) is 15.2 Å². The summed E-state index contributed by atoms with van der Waals surface area (Å²) in [6.07, 6.45) is 0.636. The number of nitro groups is 1. The number of aromatic hydroxyl groups is 1. The molecule has 3 rings (SSSR count). The molecule has 5 heteroatoms. The molecule has 1 aliphatic rings. The smallest absolute Gasteiger partial charge is 0.269 e. The zero-order chi connectivity index (χ0) is 12.9. The fourth-order valence-electron chi connectivity index (χ4n) is 2.31.